The van der Waals surface area contributed by atoms with Crippen molar-refractivity contribution in [3.05, 3.63) is 41.7 Å². The van der Waals surface area contributed by atoms with Crippen molar-refractivity contribution >= 4 is 28.3 Å². The van der Waals surface area contributed by atoms with Gasteiger partial charge in [-0.25, -0.2) is 4.98 Å². The first-order chi connectivity index (χ1) is 9.19. The highest BCUT2D eigenvalue weighted by atomic mass is 35.5. The van der Waals surface area contributed by atoms with Crippen LogP contribution in [0.15, 0.2) is 36.7 Å². The monoisotopic (exact) mass is 272 g/mol. The van der Waals surface area contributed by atoms with E-state index in [4.69, 9.17) is 17.3 Å². The fourth-order valence-corrected chi connectivity index (χ4v) is 2.39. The van der Waals surface area contributed by atoms with Crippen LogP contribution in [0.25, 0.3) is 22.4 Å². The predicted molar refractivity (Wildman–Crippen MR) is 78.1 cm³/mol. The number of anilines is 1. The molecule has 0 atom stereocenters. The first kappa shape index (κ1) is 12.0. The fourth-order valence-electron chi connectivity index (χ4n) is 2.22. The number of nitrogen functional groups attached to an aromatic ring is 1. The number of aromatic nitrogens is 3. The van der Waals surface area contributed by atoms with Crippen LogP contribution in [0.3, 0.4) is 0 Å². The first-order valence-electron chi connectivity index (χ1n) is 6.05. The molecule has 1 aromatic carbocycles. The predicted octanol–water partition coefficient (Wildman–Crippen LogP) is 3.35. The van der Waals surface area contributed by atoms with Crippen LogP contribution in [-0.2, 0) is 6.54 Å². The van der Waals surface area contributed by atoms with Crippen molar-refractivity contribution in [1.29, 1.82) is 0 Å². The number of nitrogens with two attached hydrogens (primary N) is 1. The van der Waals surface area contributed by atoms with Gasteiger partial charge in [-0.15, -0.1) is 0 Å². The van der Waals surface area contributed by atoms with Crippen LogP contribution in [-0.4, -0.2) is 14.5 Å². The van der Waals surface area contributed by atoms with Gasteiger partial charge >= 0.3 is 0 Å². The van der Waals surface area contributed by atoms with Crippen LogP contribution < -0.4 is 5.73 Å². The molecule has 2 heterocycles. The summed E-state index contributed by atoms with van der Waals surface area (Å²) in [6, 6.07) is 7.60. The Morgan fingerprint density at radius 2 is 2.11 bits per heavy atom. The molecule has 0 fully saturated rings. The number of nitrogens with zero attached hydrogens (tertiary/aromatic N) is 3. The number of halogens is 1. The van der Waals surface area contributed by atoms with Gasteiger partial charge in [0.2, 0.25) is 0 Å². The molecule has 2 aromatic heterocycles. The van der Waals surface area contributed by atoms with Crippen LogP contribution in [0.1, 0.15) is 6.92 Å². The maximum Gasteiger partial charge on any atom is 0.142 e. The summed E-state index contributed by atoms with van der Waals surface area (Å²) in [5.74, 6) is 0.861. The minimum Gasteiger partial charge on any atom is -0.397 e. The quantitative estimate of drug-likeness (QED) is 0.778. The Labute approximate surface area is 115 Å². The summed E-state index contributed by atoms with van der Waals surface area (Å²) in [5.41, 5.74) is 9.27. The van der Waals surface area contributed by atoms with E-state index in [0.29, 0.717) is 10.7 Å². The van der Waals surface area contributed by atoms with E-state index < -0.39 is 0 Å². The lowest BCUT2D eigenvalue weighted by Gasteiger charge is -2.06. The maximum absolute atomic E-state index is 6.01. The van der Waals surface area contributed by atoms with E-state index in [9.17, 15) is 0 Å². The van der Waals surface area contributed by atoms with Crippen molar-refractivity contribution in [2.75, 3.05) is 5.73 Å². The summed E-state index contributed by atoms with van der Waals surface area (Å²) in [6.07, 6.45) is 3.39. The van der Waals surface area contributed by atoms with E-state index in [1.165, 1.54) is 0 Å². The second-order valence-corrected chi connectivity index (χ2v) is 4.76. The largest absolute Gasteiger partial charge is 0.397 e. The fraction of sp³-hybridized carbons (Fsp3) is 0.143. The smallest absolute Gasteiger partial charge is 0.142 e. The molecule has 0 aliphatic heterocycles. The van der Waals surface area contributed by atoms with E-state index in [1.807, 2.05) is 24.3 Å². The Hall–Kier alpha value is -2.07. The SMILES string of the molecule is CCn1c(-c2cncc(N)c2)nc2cc(Cl)ccc21. The molecule has 5 heteroatoms. The van der Waals surface area contributed by atoms with Crippen molar-refractivity contribution in [2.24, 2.45) is 0 Å². The minimum absolute atomic E-state index is 0.630. The van der Waals surface area contributed by atoms with Crippen LogP contribution in [0.4, 0.5) is 5.69 Å². The molecular formula is C14H13ClN4. The Kier molecular flexibility index (Phi) is 2.87. The second kappa shape index (κ2) is 4.55. The van der Waals surface area contributed by atoms with Crippen molar-refractivity contribution in [3.63, 3.8) is 0 Å². The molecule has 0 saturated heterocycles. The molecule has 0 aliphatic rings. The molecule has 0 bridgehead atoms. The highest BCUT2D eigenvalue weighted by molar-refractivity contribution is 6.31. The van der Waals surface area contributed by atoms with Gasteiger partial charge in [-0.05, 0) is 31.2 Å². The Balaban J connectivity index is 2.28. The number of hydrogen-bond acceptors (Lipinski definition) is 3. The molecule has 0 saturated carbocycles. The third-order valence-electron chi connectivity index (χ3n) is 3.04. The van der Waals surface area contributed by atoms with Gasteiger partial charge < -0.3 is 10.3 Å². The van der Waals surface area contributed by atoms with E-state index in [-0.39, 0.29) is 0 Å². The van der Waals surface area contributed by atoms with Crippen molar-refractivity contribution in [1.82, 2.24) is 14.5 Å². The van der Waals surface area contributed by atoms with Crippen LogP contribution in [0.2, 0.25) is 5.02 Å². The zero-order valence-corrected chi connectivity index (χ0v) is 11.2. The molecule has 96 valence electrons. The van der Waals surface area contributed by atoms with Crippen molar-refractivity contribution in [3.8, 4) is 11.4 Å². The molecule has 3 rings (SSSR count). The summed E-state index contributed by atoms with van der Waals surface area (Å²) in [5, 5.41) is 0.686. The lowest BCUT2D eigenvalue weighted by molar-refractivity contribution is 0.796. The third kappa shape index (κ3) is 2.04. The molecule has 0 spiro atoms. The normalized spacial score (nSPS) is 11.1. The van der Waals surface area contributed by atoms with E-state index in [0.717, 1.165) is 29.0 Å². The molecule has 19 heavy (non-hydrogen) atoms. The summed E-state index contributed by atoms with van der Waals surface area (Å²) in [6.45, 7) is 2.90. The average Bonchev–Trinajstić information content (AvgIpc) is 2.76. The standard InChI is InChI=1S/C14H13ClN4/c1-2-19-13-4-3-10(15)6-12(13)18-14(19)9-5-11(16)8-17-7-9/h3-8H,2,16H2,1H3. The van der Waals surface area contributed by atoms with Crippen LogP contribution >= 0.6 is 11.6 Å². The number of rotatable bonds is 2. The van der Waals surface area contributed by atoms with Crippen molar-refractivity contribution < 1.29 is 0 Å². The molecule has 0 aliphatic carbocycles. The van der Waals surface area contributed by atoms with Gasteiger partial charge in [0.1, 0.15) is 5.82 Å². The number of aryl methyl sites for hydroxylation is 1. The molecule has 0 radical (unpaired) electrons. The summed E-state index contributed by atoms with van der Waals surface area (Å²) in [4.78, 5) is 8.76. The number of benzene rings is 1. The number of pyridine rings is 1. The third-order valence-corrected chi connectivity index (χ3v) is 3.28. The Bertz CT molecular complexity index is 748. The highest BCUT2D eigenvalue weighted by Crippen LogP contribution is 2.27. The van der Waals surface area contributed by atoms with Gasteiger partial charge in [0.25, 0.3) is 0 Å². The van der Waals surface area contributed by atoms with Gasteiger partial charge in [-0.2, -0.15) is 0 Å². The topological polar surface area (TPSA) is 56.7 Å². The maximum atomic E-state index is 6.01. The second-order valence-electron chi connectivity index (χ2n) is 4.32. The highest BCUT2D eigenvalue weighted by Gasteiger charge is 2.12. The van der Waals surface area contributed by atoms with Crippen LogP contribution in [0, 0.1) is 0 Å². The van der Waals surface area contributed by atoms with Crippen molar-refractivity contribution in [2.45, 2.75) is 13.5 Å². The average molecular weight is 273 g/mol. The van der Waals surface area contributed by atoms with Crippen LogP contribution in [0.5, 0.6) is 0 Å². The lowest BCUT2D eigenvalue weighted by Crippen LogP contribution is -1.98. The number of hydrogen-bond donors (Lipinski definition) is 1. The van der Waals surface area contributed by atoms with Gasteiger partial charge in [0.05, 0.1) is 16.7 Å². The molecule has 4 nitrogen and oxygen atoms in total. The lowest BCUT2D eigenvalue weighted by atomic mass is 10.2. The molecule has 0 unspecified atom stereocenters. The number of imidazole rings is 1. The van der Waals surface area contributed by atoms with Gasteiger partial charge in [-0.3, -0.25) is 4.98 Å². The molecule has 2 N–H and O–H groups in total. The van der Waals surface area contributed by atoms with Gasteiger partial charge in [0, 0.05) is 29.5 Å². The van der Waals surface area contributed by atoms with E-state index in [1.54, 1.807) is 12.4 Å². The Morgan fingerprint density at radius 1 is 1.26 bits per heavy atom. The zero-order valence-electron chi connectivity index (χ0n) is 10.5. The summed E-state index contributed by atoms with van der Waals surface area (Å²) in [7, 11) is 0. The molecule has 0 amide bonds. The zero-order chi connectivity index (χ0) is 13.4. The van der Waals surface area contributed by atoms with E-state index >= 15 is 0 Å². The summed E-state index contributed by atoms with van der Waals surface area (Å²) < 4.78 is 2.13. The number of fused-ring (bicyclic) bond motifs is 1. The summed E-state index contributed by atoms with van der Waals surface area (Å²) >= 11 is 6.01. The van der Waals surface area contributed by atoms with Gasteiger partial charge in [0.15, 0.2) is 0 Å². The first-order valence-corrected chi connectivity index (χ1v) is 6.43. The van der Waals surface area contributed by atoms with E-state index in [2.05, 4.69) is 21.5 Å². The minimum atomic E-state index is 0.630. The molecular weight excluding hydrogens is 260 g/mol. The Morgan fingerprint density at radius 3 is 2.84 bits per heavy atom. The van der Waals surface area contributed by atoms with Gasteiger partial charge in [-0.1, -0.05) is 11.6 Å². The molecule has 3 aromatic rings.